The number of benzene rings is 1. The Labute approximate surface area is 178 Å². The van der Waals surface area contributed by atoms with Crippen LogP contribution in [0.3, 0.4) is 0 Å². The lowest BCUT2D eigenvalue weighted by molar-refractivity contribution is -0.128. The zero-order valence-electron chi connectivity index (χ0n) is 18.0. The van der Waals surface area contributed by atoms with Crippen LogP contribution in [-0.2, 0) is 9.59 Å². The second-order valence-electron chi connectivity index (χ2n) is 10.1. The minimum atomic E-state index is -0.317. The second kappa shape index (κ2) is 7.47. The highest BCUT2D eigenvalue weighted by Gasteiger charge is 2.51. The normalized spacial score (nSPS) is 34.3. The van der Waals surface area contributed by atoms with Crippen LogP contribution >= 0.6 is 0 Å². The fourth-order valence-corrected chi connectivity index (χ4v) is 7.05. The van der Waals surface area contributed by atoms with Gasteiger partial charge in [-0.1, -0.05) is 0 Å². The predicted octanol–water partition coefficient (Wildman–Crippen LogP) is 3.39. The third kappa shape index (κ3) is 3.44. The van der Waals surface area contributed by atoms with Crippen LogP contribution in [0, 0.1) is 29.1 Å². The van der Waals surface area contributed by atoms with Crippen molar-refractivity contribution in [2.45, 2.75) is 44.9 Å². The molecule has 4 aliphatic carbocycles. The SMILES string of the molecule is COc1ccc(OC)c(N2CC(C(=O)NCC34CC5CC(CC(C5)C3)C4)CC2=O)c1. The van der Waals surface area contributed by atoms with E-state index in [-0.39, 0.29) is 24.2 Å². The average Bonchev–Trinajstić information content (AvgIpc) is 3.12. The Morgan fingerprint density at radius 3 is 2.37 bits per heavy atom. The molecule has 162 valence electrons. The summed E-state index contributed by atoms with van der Waals surface area (Å²) in [7, 11) is 3.18. The summed E-state index contributed by atoms with van der Waals surface area (Å²) in [5.41, 5.74) is 0.973. The largest absolute Gasteiger partial charge is 0.497 e. The van der Waals surface area contributed by atoms with Crippen molar-refractivity contribution >= 4 is 17.5 Å². The van der Waals surface area contributed by atoms with E-state index in [2.05, 4.69) is 5.32 Å². The standard InChI is InChI=1S/C24H32N2O4/c1-29-19-3-4-21(30-2)20(9-19)26-13-18(8-22(26)27)23(28)25-14-24-10-15-5-16(11-24)7-17(6-15)12-24/h3-4,9,15-18H,5-8,10-14H2,1-2H3,(H,25,28). The fourth-order valence-electron chi connectivity index (χ4n) is 7.05. The molecular formula is C24H32N2O4. The smallest absolute Gasteiger partial charge is 0.227 e. The molecule has 1 N–H and O–H groups in total. The van der Waals surface area contributed by atoms with Crippen LogP contribution in [0.15, 0.2) is 18.2 Å². The Morgan fingerprint density at radius 1 is 1.10 bits per heavy atom. The number of amides is 2. The molecule has 6 rings (SSSR count). The van der Waals surface area contributed by atoms with Crippen molar-refractivity contribution in [2.24, 2.45) is 29.1 Å². The van der Waals surface area contributed by atoms with Gasteiger partial charge in [-0.3, -0.25) is 9.59 Å². The predicted molar refractivity (Wildman–Crippen MR) is 114 cm³/mol. The van der Waals surface area contributed by atoms with Gasteiger partial charge in [0.25, 0.3) is 0 Å². The molecule has 1 aromatic carbocycles. The quantitative estimate of drug-likeness (QED) is 0.778. The van der Waals surface area contributed by atoms with Gasteiger partial charge in [0, 0.05) is 25.6 Å². The summed E-state index contributed by atoms with van der Waals surface area (Å²) in [6.45, 7) is 1.16. The topological polar surface area (TPSA) is 67.9 Å². The highest BCUT2D eigenvalue weighted by atomic mass is 16.5. The third-order valence-electron chi connectivity index (χ3n) is 7.98. The molecule has 6 heteroatoms. The summed E-state index contributed by atoms with van der Waals surface area (Å²) in [5.74, 6) is 3.54. The molecule has 4 saturated carbocycles. The van der Waals surface area contributed by atoms with E-state index in [0.717, 1.165) is 24.3 Å². The summed E-state index contributed by atoms with van der Waals surface area (Å²) in [4.78, 5) is 27.4. The van der Waals surface area contributed by atoms with Crippen molar-refractivity contribution in [1.82, 2.24) is 5.32 Å². The molecule has 1 aliphatic heterocycles. The van der Waals surface area contributed by atoms with Crippen molar-refractivity contribution in [3.63, 3.8) is 0 Å². The molecule has 5 aliphatic rings. The molecule has 2 amide bonds. The van der Waals surface area contributed by atoms with Gasteiger partial charge in [0.15, 0.2) is 0 Å². The molecule has 1 unspecified atom stereocenters. The van der Waals surface area contributed by atoms with E-state index in [1.54, 1.807) is 37.3 Å². The Bertz CT molecular complexity index is 816. The van der Waals surface area contributed by atoms with Gasteiger partial charge < -0.3 is 19.7 Å². The number of hydrogen-bond acceptors (Lipinski definition) is 4. The Kier molecular flexibility index (Phi) is 4.91. The fraction of sp³-hybridized carbons (Fsp3) is 0.667. The lowest BCUT2D eigenvalue weighted by Crippen LogP contribution is -2.51. The lowest BCUT2D eigenvalue weighted by Gasteiger charge is -2.57. The number of carbonyl (C=O) groups is 2. The molecular weight excluding hydrogens is 380 g/mol. The highest BCUT2D eigenvalue weighted by molar-refractivity contribution is 6.01. The average molecular weight is 413 g/mol. The molecule has 0 aromatic heterocycles. The number of rotatable bonds is 6. The molecule has 1 saturated heterocycles. The van der Waals surface area contributed by atoms with Gasteiger partial charge in [-0.25, -0.2) is 0 Å². The Morgan fingerprint density at radius 2 is 1.77 bits per heavy atom. The van der Waals surface area contributed by atoms with Crippen LogP contribution in [0.2, 0.25) is 0 Å². The summed E-state index contributed by atoms with van der Waals surface area (Å²) >= 11 is 0. The van der Waals surface area contributed by atoms with Crippen LogP contribution in [0.4, 0.5) is 5.69 Å². The van der Waals surface area contributed by atoms with E-state index in [9.17, 15) is 9.59 Å². The minimum Gasteiger partial charge on any atom is -0.497 e. The zero-order valence-corrected chi connectivity index (χ0v) is 18.0. The van der Waals surface area contributed by atoms with Gasteiger partial charge in [-0.2, -0.15) is 0 Å². The van der Waals surface area contributed by atoms with Crippen LogP contribution < -0.4 is 19.7 Å². The van der Waals surface area contributed by atoms with Gasteiger partial charge in [0.05, 0.1) is 25.8 Å². The Hall–Kier alpha value is -2.24. The van der Waals surface area contributed by atoms with Crippen molar-refractivity contribution < 1.29 is 19.1 Å². The molecule has 5 fully saturated rings. The summed E-state index contributed by atoms with van der Waals surface area (Å²) in [5, 5.41) is 3.25. The molecule has 1 heterocycles. The number of ether oxygens (including phenoxy) is 2. The summed E-state index contributed by atoms with van der Waals surface area (Å²) in [6, 6.07) is 5.40. The number of anilines is 1. The number of hydrogen-bond donors (Lipinski definition) is 1. The first-order valence-corrected chi connectivity index (χ1v) is 11.3. The van der Waals surface area contributed by atoms with Crippen LogP contribution in [0.25, 0.3) is 0 Å². The van der Waals surface area contributed by atoms with Gasteiger partial charge >= 0.3 is 0 Å². The number of methoxy groups -OCH3 is 2. The lowest BCUT2D eigenvalue weighted by atomic mass is 9.49. The number of nitrogens with zero attached hydrogens (tertiary/aromatic N) is 1. The van der Waals surface area contributed by atoms with E-state index in [0.29, 0.717) is 29.1 Å². The molecule has 1 atom stereocenters. The summed E-state index contributed by atoms with van der Waals surface area (Å²) < 4.78 is 10.7. The highest BCUT2D eigenvalue weighted by Crippen LogP contribution is 2.59. The minimum absolute atomic E-state index is 0.0171. The molecule has 6 nitrogen and oxygen atoms in total. The van der Waals surface area contributed by atoms with Crippen LogP contribution in [-0.4, -0.2) is 39.1 Å². The van der Waals surface area contributed by atoms with Crippen LogP contribution in [0.1, 0.15) is 44.9 Å². The molecule has 0 spiro atoms. The summed E-state index contributed by atoms with van der Waals surface area (Å²) in [6.07, 6.45) is 8.28. The van der Waals surface area contributed by atoms with E-state index in [1.807, 2.05) is 0 Å². The maximum absolute atomic E-state index is 13.0. The van der Waals surface area contributed by atoms with E-state index >= 15 is 0 Å². The molecule has 4 bridgehead atoms. The van der Waals surface area contributed by atoms with Crippen molar-refractivity contribution in [3.8, 4) is 11.5 Å². The first-order chi connectivity index (χ1) is 14.5. The number of nitrogens with one attached hydrogen (secondary N) is 1. The van der Waals surface area contributed by atoms with Crippen molar-refractivity contribution in [1.29, 1.82) is 0 Å². The first-order valence-electron chi connectivity index (χ1n) is 11.3. The molecule has 0 radical (unpaired) electrons. The maximum Gasteiger partial charge on any atom is 0.227 e. The van der Waals surface area contributed by atoms with E-state index < -0.39 is 0 Å². The van der Waals surface area contributed by atoms with Gasteiger partial charge in [0.1, 0.15) is 11.5 Å². The van der Waals surface area contributed by atoms with Crippen molar-refractivity contribution in [2.75, 3.05) is 32.2 Å². The van der Waals surface area contributed by atoms with E-state index in [1.165, 1.54) is 38.5 Å². The first kappa shape index (κ1) is 19.7. The van der Waals surface area contributed by atoms with Gasteiger partial charge in [0.2, 0.25) is 11.8 Å². The monoisotopic (exact) mass is 412 g/mol. The maximum atomic E-state index is 13.0. The Balaban J connectivity index is 1.24. The van der Waals surface area contributed by atoms with Crippen molar-refractivity contribution in [3.05, 3.63) is 18.2 Å². The second-order valence-corrected chi connectivity index (χ2v) is 10.1. The van der Waals surface area contributed by atoms with Gasteiger partial charge in [-0.15, -0.1) is 0 Å². The third-order valence-corrected chi connectivity index (χ3v) is 7.98. The number of carbonyl (C=O) groups excluding carboxylic acids is 2. The van der Waals surface area contributed by atoms with E-state index in [4.69, 9.17) is 9.47 Å². The molecule has 30 heavy (non-hydrogen) atoms. The van der Waals surface area contributed by atoms with Gasteiger partial charge in [-0.05, 0) is 73.8 Å². The molecule has 1 aromatic rings. The zero-order chi connectivity index (χ0) is 20.9. The van der Waals surface area contributed by atoms with Crippen LogP contribution in [0.5, 0.6) is 11.5 Å².